The van der Waals surface area contributed by atoms with Crippen molar-refractivity contribution in [2.75, 3.05) is 17.3 Å². The number of methoxy groups -OCH3 is 1. The largest absolute Gasteiger partial charge is 0.481 e. The molecule has 0 saturated heterocycles. The van der Waals surface area contributed by atoms with Gasteiger partial charge in [-0.3, -0.25) is 4.79 Å². The lowest BCUT2D eigenvalue weighted by Crippen LogP contribution is -2.51. The lowest BCUT2D eigenvalue weighted by atomic mass is 9.80. The molecule has 0 radical (unpaired) electrons. The van der Waals surface area contributed by atoms with Gasteiger partial charge >= 0.3 is 0 Å². The molecule has 1 fully saturated rings. The van der Waals surface area contributed by atoms with Crippen molar-refractivity contribution >= 4 is 17.5 Å². The van der Waals surface area contributed by atoms with E-state index in [4.69, 9.17) is 4.74 Å². The Morgan fingerprint density at radius 2 is 2.00 bits per heavy atom. The van der Waals surface area contributed by atoms with Gasteiger partial charge in [0.05, 0.1) is 24.4 Å². The number of amides is 1. The third kappa shape index (κ3) is 3.11. The number of fused-ring (bicyclic) bond motifs is 1. The Balaban J connectivity index is 1.84. The molecule has 0 spiro atoms. The summed E-state index contributed by atoms with van der Waals surface area (Å²) in [6, 6.07) is 3.83. The van der Waals surface area contributed by atoms with Gasteiger partial charge in [0.25, 0.3) is 0 Å². The lowest BCUT2D eigenvalue weighted by Gasteiger charge is -2.45. The molecule has 4 rings (SSSR count). The van der Waals surface area contributed by atoms with Crippen LogP contribution in [0.5, 0.6) is 5.88 Å². The van der Waals surface area contributed by atoms with Crippen molar-refractivity contribution in [3.05, 3.63) is 35.8 Å². The summed E-state index contributed by atoms with van der Waals surface area (Å²) in [5.74, 6) is 1.85. The SMILES string of the molecule is COc1nccc2c1[C@H](Nc1nccc(C)n1)[C@@H](C)[C@H](C1CC1)N2C(C)=O. The number of ether oxygens (including phenoxy) is 1. The van der Waals surface area contributed by atoms with Crippen LogP contribution in [-0.2, 0) is 4.79 Å². The molecule has 7 nitrogen and oxygen atoms in total. The molecule has 142 valence electrons. The number of aryl methyl sites for hydroxylation is 1. The van der Waals surface area contributed by atoms with E-state index in [2.05, 4.69) is 27.2 Å². The molecule has 2 aliphatic rings. The molecule has 1 amide bonds. The zero-order valence-electron chi connectivity index (χ0n) is 16.1. The maximum Gasteiger partial charge on any atom is 0.224 e. The van der Waals surface area contributed by atoms with Crippen LogP contribution in [-0.4, -0.2) is 34.0 Å². The van der Waals surface area contributed by atoms with Crippen molar-refractivity contribution in [3.8, 4) is 5.88 Å². The second-order valence-corrected chi connectivity index (χ2v) is 7.47. The molecule has 0 unspecified atom stereocenters. The zero-order valence-corrected chi connectivity index (χ0v) is 16.1. The number of carbonyl (C=O) groups excluding carboxylic acids is 1. The number of nitrogens with one attached hydrogen (secondary N) is 1. The average molecular weight is 367 g/mol. The molecule has 1 aliphatic heterocycles. The predicted octanol–water partition coefficient (Wildman–Crippen LogP) is 3.12. The molecular formula is C20H25N5O2. The normalized spacial score (nSPS) is 24.3. The lowest BCUT2D eigenvalue weighted by molar-refractivity contribution is -0.117. The monoisotopic (exact) mass is 367 g/mol. The van der Waals surface area contributed by atoms with Gasteiger partial charge in [0.2, 0.25) is 17.7 Å². The Morgan fingerprint density at radius 1 is 1.26 bits per heavy atom. The van der Waals surface area contributed by atoms with Crippen molar-refractivity contribution in [3.63, 3.8) is 0 Å². The second kappa shape index (κ2) is 6.79. The molecule has 3 atom stereocenters. The quantitative estimate of drug-likeness (QED) is 0.894. The minimum absolute atomic E-state index is 0.0542. The summed E-state index contributed by atoms with van der Waals surface area (Å²) >= 11 is 0. The van der Waals surface area contributed by atoms with E-state index in [1.54, 1.807) is 26.4 Å². The highest BCUT2D eigenvalue weighted by atomic mass is 16.5. The number of rotatable bonds is 4. The first-order valence-electron chi connectivity index (χ1n) is 9.40. The van der Waals surface area contributed by atoms with Crippen molar-refractivity contribution in [1.29, 1.82) is 0 Å². The van der Waals surface area contributed by atoms with Crippen LogP contribution in [0.1, 0.15) is 44.0 Å². The Hall–Kier alpha value is -2.70. The van der Waals surface area contributed by atoms with Gasteiger partial charge in [-0.1, -0.05) is 6.92 Å². The number of hydrogen-bond donors (Lipinski definition) is 1. The summed E-state index contributed by atoms with van der Waals surface area (Å²) in [6.45, 7) is 5.76. The second-order valence-electron chi connectivity index (χ2n) is 7.47. The summed E-state index contributed by atoms with van der Waals surface area (Å²) in [5.41, 5.74) is 2.66. The van der Waals surface area contributed by atoms with E-state index < -0.39 is 0 Å². The number of aromatic nitrogens is 3. The average Bonchev–Trinajstić information content (AvgIpc) is 3.47. The van der Waals surface area contributed by atoms with Crippen LogP contribution in [0.4, 0.5) is 11.6 Å². The summed E-state index contributed by atoms with van der Waals surface area (Å²) in [4.78, 5) is 27.8. The Bertz CT molecular complexity index is 867. The van der Waals surface area contributed by atoms with Crippen LogP contribution < -0.4 is 15.0 Å². The summed E-state index contributed by atoms with van der Waals surface area (Å²) in [7, 11) is 1.61. The summed E-state index contributed by atoms with van der Waals surface area (Å²) < 4.78 is 5.56. The minimum atomic E-state index is -0.0911. The molecular weight excluding hydrogens is 342 g/mol. The predicted molar refractivity (Wildman–Crippen MR) is 103 cm³/mol. The molecule has 27 heavy (non-hydrogen) atoms. The van der Waals surface area contributed by atoms with E-state index >= 15 is 0 Å². The molecule has 1 aliphatic carbocycles. The highest BCUT2D eigenvalue weighted by Crippen LogP contribution is 2.51. The molecule has 1 N–H and O–H groups in total. The van der Waals surface area contributed by atoms with Crippen molar-refractivity contribution < 1.29 is 9.53 Å². The zero-order chi connectivity index (χ0) is 19.1. The van der Waals surface area contributed by atoms with Gasteiger partial charge in [-0.05, 0) is 37.8 Å². The van der Waals surface area contributed by atoms with Gasteiger partial charge in [0.1, 0.15) is 0 Å². The van der Waals surface area contributed by atoms with Crippen LogP contribution in [0.2, 0.25) is 0 Å². The van der Waals surface area contributed by atoms with Crippen LogP contribution in [0.3, 0.4) is 0 Å². The fourth-order valence-electron chi connectivity index (χ4n) is 4.28. The van der Waals surface area contributed by atoms with E-state index in [1.165, 1.54) is 0 Å². The highest BCUT2D eigenvalue weighted by Gasteiger charge is 2.48. The number of pyridine rings is 1. The van der Waals surface area contributed by atoms with Crippen LogP contribution in [0.25, 0.3) is 0 Å². The van der Waals surface area contributed by atoms with Crippen molar-refractivity contribution in [1.82, 2.24) is 15.0 Å². The van der Waals surface area contributed by atoms with Crippen LogP contribution in [0, 0.1) is 18.8 Å². The number of carbonyl (C=O) groups is 1. The van der Waals surface area contributed by atoms with Gasteiger partial charge in [-0.2, -0.15) is 0 Å². The summed E-state index contributed by atoms with van der Waals surface area (Å²) in [5, 5.41) is 3.49. The first-order chi connectivity index (χ1) is 13.0. The maximum atomic E-state index is 12.6. The van der Waals surface area contributed by atoms with Gasteiger partial charge in [-0.15, -0.1) is 0 Å². The van der Waals surface area contributed by atoms with Crippen LogP contribution >= 0.6 is 0 Å². The van der Waals surface area contributed by atoms with E-state index in [0.717, 1.165) is 29.8 Å². The van der Waals surface area contributed by atoms with Crippen molar-refractivity contribution in [2.24, 2.45) is 11.8 Å². The molecule has 1 saturated carbocycles. The Labute approximate surface area is 159 Å². The van der Waals surface area contributed by atoms with Gasteiger partial charge in [0.15, 0.2) is 0 Å². The van der Waals surface area contributed by atoms with E-state index in [9.17, 15) is 4.79 Å². The topological polar surface area (TPSA) is 80.2 Å². The standard InChI is InChI=1S/C20H25N5O2/c1-11-7-9-22-20(23-11)24-17-12(2)18(14-5-6-14)25(13(3)26)15-8-10-21-19(27-4)16(15)17/h7-10,12,14,17-18H,5-6H2,1-4H3,(H,22,23,24)/t12-,17-,18-/m1/s1. The fraction of sp³-hybridized carbons (Fsp3) is 0.500. The molecule has 0 aromatic carbocycles. The summed E-state index contributed by atoms with van der Waals surface area (Å²) in [6.07, 6.45) is 5.77. The van der Waals surface area contributed by atoms with E-state index in [1.807, 2.05) is 24.0 Å². The molecule has 7 heteroatoms. The van der Waals surface area contributed by atoms with E-state index in [0.29, 0.717) is 17.7 Å². The number of anilines is 2. The third-order valence-electron chi connectivity index (χ3n) is 5.58. The molecule has 3 heterocycles. The molecule has 2 aromatic rings. The molecule has 0 bridgehead atoms. The first kappa shape index (κ1) is 17.7. The van der Waals surface area contributed by atoms with Crippen LogP contribution in [0.15, 0.2) is 24.5 Å². The van der Waals surface area contributed by atoms with E-state index in [-0.39, 0.29) is 23.9 Å². The number of nitrogens with zero attached hydrogens (tertiary/aromatic N) is 4. The Morgan fingerprint density at radius 3 is 2.63 bits per heavy atom. The maximum absolute atomic E-state index is 12.6. The first-order valence-corrected chi connectivity index (χ1v) is 9.40. The smallest absolute Gasteiger partial charge is 0.224 e. The third-order valence-corrected chi connectivity index (χ3v) is 5.58. The van der Waals surface area contributed by atoms with Gasteiger partial charge < -0.3 is 15.0 Å². The van der Waals surface area contributed by atoms with Gasteiger partial charge in [0, 0.05) is 37.0 Å². The minimum Gasteiger partial charge on any atom is -0.481 e. The highest BCUT2D eigenvalue weighted by molar-refractivity contribution is 5.94. The van der Waals surface area contributed by atoms with Crippen molar-refractivity contribution in [2.45, 2.75) is 45.7 Å². The molecule has 2 aromatic heterocycles. The Kier molecular flexibility index (Phi) is 4.45. The van der Waals surface area contributed by atoms with Gasteiger partial charge in [-0.25, -0.2) is 15.0 Å². The number of hydrogen-bond acceptors (Lipinski definition) is 6. The fourth-order valence-corrected chi connectivity index (χ4v) is 4.28.